The lowest BCUT2D eigenvalue weighted by Gasteiger charge is -2.12. The van der Waals surface area contributed by atoms with Crippen LogP contribution in [0.4, 0.5) is 0 Å². The van der Waals surface area contributed by atoms with Crippen molar-refractivity contribution >= 4 is 0 Å². The number of hydrogen-bond donors (Lipinski definition) is 2. The minimum absolute atomic E-state index is 0.0293. The first-order valence-electron chi connectivity index (χ1n) is 5.74. The Bertz CT molecular complexity index is 532. The summed E-state index contributed by atoms with van der Waals surface area (Å²) in [5.41, 5.74) is 9.93. The van der Waals surface area contributed by atoms with E-state index in [1.54, 1.807) is 6.07 Å². The molecule has 0 aliphatic rings. The van der Waals surface area contributed by atoms with Crippen LogP contribution in [0.5, 0.6) is 5.75 Å². The lowest BCUT2D eigenvalue weighted by atomic mass is 9.96. The number of phenolic OH excluding ortho intramolecular Hbond substituents is 1. The number of nitrogens with two attached hydrogens (primary N) is 1. The van der Waals surface area contributed by atoms with Crippen LogP contribution in [-0.4, -0.2) is 5.11 Å². The summed E-state index contributed by atoms with van der Waals surface area (Å²) in [5, 5.41) is 9.95. The van der Waals surface area contributed by atoms with Crippen molar-refractivity contribution in [3.05, 3.63) is 53.6 Å². The topological polar surface area (TPSA) is 46.2 Å². The molecule has 88 valence electrons. The third kappa shape index (κ3) is 2.32. The van der Waals surface area contributed by atoms with Crippen LogP contribution >= 0.6 is 0 Å². The summed E-state index contributed by atoms with van der Waals surface area (Å²) in [6, 6.07) is 13.5. The van der Waals surface area contributed by atoms with Gasteiger partial charge in [0, 0.05) is 11.6 Å². The fourth-order valence-electron chi connectivity index (χ4n) is 1.93. The van der Waals surface area contributed by atoms with Gasteiger partial charge in [0.15, 0.2) is 0 Å². The zero-order valence-electron chi connectivity index (χ0n) is 10.1. The summed E-state index contributed by atoms with van der Waals surface area (Å²) in [6.45, 7) is 3.97. The van der Waals surface area contributed by atoms with E-state index in [1.807, 2.05) is 50.2 Å². The summed E-state index contributed by atoms with van der Waals surface area (Å²) in [7, 11) is 0. The molecule has 2 aromatic rings. The van der Waals surface area contributed by atoms with Crippen LogP contribution in [0.2, 0.25) is 0 Å². The van der Waals surface area contributed by atoms with Gasteiger partial charge in [-0.05, 0) is 42.7 Å². The molecule has 0 spiro atoms. The quantitative estimate of drug-likeness (QED) is 0.826. The molecule has 1 atom stereocenters. The highest BCUT2D eigenvalue weighted by molar-refractivity contribution is 5.73. The second kappa shape index (κ2) is 4.60. The van der Waals surface area contributed by atoms with Gasteiger partial charge in [0.1, 0.15) is 5.75 Å². The third-order valence-electron chi connectivity index (χ3n) is 2.98. The maximum Gasteiger partial charge on any atom is 0.123 e. The largest absolute Gasteiger partial charge is 0.507 e. The summed E-state index contributed by atoms with van der Waals surface area (Å²) in [6.07, 6.45) is 0. The van der Waals surface area contributed by atoms with Crippen molar-refractivity contribution < 1.29 is 5.11 Å². The molecular formula is C15H17NO. The normalized spacial score (nSPS) is 12.4. The van der Waals surface area contributed by atoms with Crippen LogP contribution < -0.4 is 5.73 Å². The van der Waals surface area contributed by atoms with Gasteiger partial charge in [-0.25, -0.2) is 0 Å². The minimum atomic E-state index is -0.0293. The minimum Gasteiger partial charge on any atom is -0.507 e. The molecule has 0 saturated carbocycles. The van der Waals surface area contributed by atoms with E-state index in [-0.39, 0.29) is 6.04 Å². The van der Waals surface area contributed by atoms with E-state index in [4.69, 9.17) is 5.73 Å². The molecule has 0 saturated heterocycles. The standard InChI is InChI=1S/C15H17NO/c1-10-5-3-4-6-13(10)14-9-12(11(2)16)7-8-15(14)17/h3-9,11,17H,16H2,1-2H3. The first-order chi connectivity index (χ1) is 8.09. The average Bonchev–Trinajstić information content (AvgIpc) is 2.30. The van der Waals surface area contributed by atoms with Crippen LogP contribution in [0.15, 0.2) is 42.5 Å². The summed E-state index contributed by atoms with van der Waals surface area (Å²) in [5.74, 6) is 0.295. The number of hydrogen-bond acceptors (Lipinski definition) is 2. The molecule has 0 aliphatic carbocycles. The van der Waals surface area contributed by atoms with Gasteiger partial charge < -0.3 is 10.8 Å². The molecule has 0 bridgehead atoms. The van der Waals surface area contributed by atoms with Crippen LogP contribution in [0.1, 0.15) is 24.1 Å². The molecule has 1 unspecified atom stereocenters. The predicted molar refractivity (Wildman–Crippen MR) is 70.9 cm³/mol. The maximum absolute atomic E-state index is 9.95. The molecular weight excluding hydrogens is 210 g/mol. The van der Waals surface area contributed by atoms with Crippen molar-refractivity contribution in [2.75, 3.05) is 0 Å². The highest BCUT2D eigenvalue weighted by Gasteiger charge is 2.09. The van der Waals surface area contributed by atoms with Crippen molar-refractivity contribution in [1.82, 2.24) is 0 Å². The zero-order chi connectivity index (χ0) is 12.4. The summed E-state index contributed by atoms with van der Waals surface area (Å²) >= 11 is 0. The van der Waals surface area contributed by atoms with Crippen LogP contribution in [0.25, 0.3) is 11.1 Å². The van der Waals surface area contributed by atoms with Gasteiger partial charge in [0.2, 0.25) is 0 Å². The molecule has 2 rings (SSSR count). The highest BCUT2D eigenvalue weighted by Crippen LogP contribution is 2.33. The van der Waals surface area contributed by atoms with Crippen LogP contribution in [-0.2, 0) is 0 Å². The van der Waals surface area contributed by atoms with E-state index in [0.29, 0.717) is 5.75 Å². The lowest BCUT2D eigenvalue weighted by Crippen LogP contribution is -2.04. The number of aromatic hydroxyl groups is 1. The second-order valence-electron chi connectivity index (χ2n) is 4.38. The summed E-state index contributed by atoms with van der Waals surface area (Å²) < 4.78 is 0. The molecule has 2 aromatic carbocycles. The van der Waals surface area contributed by atoms with Crippen molar-refractivity contribution in [3.63, 3.8) is 0 Å². The molecule has 0 amide bonds. The molecule has 0 aromatic heterocycles. The van der Waals surface area contributed by atoms with Crippen molar-refractivity contribution in [3.8, 4) is 16.9 Å². The third-order valence-corrected chi connectivity index (χ3v) is 2.98. The van der Waals surface area contributed by atoms with Gasteiger partial charge >= 0.3 is 0 Å². The molecule has 0 heterocycles. The van der Waals surface area contributed by atoms with Gasteiger partial charge in [-0.1, -0.05) is 30.3 Å². The fraction of sp³-hybridized carbons (Fsp3) is 0.200. The Kier molecular flexibility index (Phi) is 3.16. The predicted octanol–water partition coefficient (Wildman–Crippen LogP) is 3.39. The van der Waals surface area contributed by atoms with Crippen LogP contribution in [0, 0.1) is 6.92 Å². The Morgan fingerprint density at radius 2 is 1.76 bits per heavy atom. The second-order valence-corrected chi connectivity index (χ2v) is 4.38. The number of rotatable bonds is 2. The van der Waals surface area contributed by atoms with E-state index in [9.17, 15) is 5.11 Å². The van der Waals surface area contributed by atoms with E-state index in [1.165, 1.54) is 0 Å². The summed E-state index contributed by atoms with van der Waals surface area (Å²) in [4.78, 5) is 0. The number of phenols is 1. The number of benzene rings is 2. The van der Waals surface area contributed by atoms with E-state index >= 15 is 0 Å². The smallest absolute Gasteiger partial charge is 0.123 e. The average molecular weight is 227 g/mol. The maximum atomic E-state index is 9.95. The first-order valence-corrected chi connectivity index (χ1v) is 5.74. The molecule has 2 nitrogen and oxygen atoms in total. The van der Waals surface area contributed by atoms with Gasteiger partial charge in [-0.15, -0.1) is 0 Å². The van der Waals surface area contributed by atoms with Crippen molar-refractivity contribution in [1.29, 1.82) is 0 Å². The molecule has 3 N–H and O–H groups in total. The van der Waals surface area contributed by atoms with Crippen molar-refractivity contribution in [2.24, 2.45) is 5.73 Å². The van der Waals surface area contributed by atoms with Gasteiger partial charge in [0.05, 0.1) is 0 Å². The fourth-order valence-corrected chi connectivity index (χ4v) is 1.93. The first kappa shape index (κ1) is 11.7. The highest BCUT2D eigenvalue weighted by atomic mass is 16.3. The molecule has 17 heavy (non-hydrogen) atoms. The Labute approximate surface area is 102 Å². The van der Waals surface area contributed by atoms with Gasteiger partial charge in [-0.3, -0.25) is 0 Å². The van der Waals surface area contributed by atoms with Gasteiger partial charge in [-0.2, -0.15) is 0 Å². The SMILES string of the molecule is Cc1ccccc1-c1cc(C(C)N)ccc1O. The number of aryl methyl sites for hydroxylation is 1. The monoisotopic (exact) mass is 227 g/mol. The Morgan fingerprint density at radius 1 is 1.06 bits per heavy atom. The van der Waals surface area contributed by atoms with Gasteiger partial charge in [0.25, 0.3) is 0 Å². The molecule has 2 heteroatoms. The van der Waals surface area contributed by atoms with E-state index in [0.717, 1.165) is 22.3 Å². The molecule has 0 fully saturated rings. The van der Waals surface area contributed by atoms with Crippen molar-refractivity contribution in [2.45, 2.75) is 19.9 Å². The zero-order valence-corrected chi connectivity index (χ0v) is 10.1. The molecule has 0 radical (unpaired) electrons. The Morgan fingerprint density at radius 3 is 2.41 bits per heavy atom. The Hall–Kier alpha value is -1.80. The van der Waals surface area contributed by atoms with E-state index in [2.05, 4.69) is 0 Å². The molecule has 0 aliphatic heterocycles. The van der Waals surface area contributed by atoms with Crippen LogP contribution in [0.3, 0.4) is 0 Å². The Balaban J connectivity index is 2.59. The van der Waals surface area contributed by atoms with E-state index < -0.39 is 0 Å². The lowest BCUT2D eigenvalue weighted by molar-refractivity contribution is 0.477.